The van der Waals surface area contributed by atoms with Gasteiger partial charge in [-0.05, 0) is 43.9 Å². The molecule has 1 atom stereocenters. The van der Waals surface area contributed by atoms with E-state index in [9.17, 15) is 22.8 Å². The molecule has 28 heavy (non-hydrogen) atoms. The summed E-state index contributed by atoms with van der Waals surface area (Å²) >= 11 is 0. The Labute approximate surface area is 161 Å². The normalized spacial score (nSPS) is 12.5. The van der Waals surface area contributed by atoms with E-state index in [1.54, 1.807) is 0 Å². The monoisotopic (exact) mass is 394 g/mol. The number of alkyl halides is 3. The molecule has 0 aliphatic heterocycles. The molecule has 0 fully saturated rings. The summed E-state index contributed by atoms with van der Waals surface area (Å²) < 4.78 is 42.5. The van der Waals surface area contributed by atoms with Crippen LogP contribution in [0.1, 0.15) is 27.5 Å². The van der Waals surface area contributed by atoms with Gasteiger partial charge in [0.05, 0.1) is 17.2 Å². The van der Waals surface area contributed by atoms with Crippen LogP contribution in [0.4, 0.5) is 13.2 Å². The molecule has 2 rings (SSSR count). The fraction of sp³-hybridized carbons (Fsp3) is 0.300. The van der Waals surface area contributed by atoms with Crippen LogP contribution < -0.4 is 5.32 Å². The number of amides is 1. The van der Waals surface area contributed by atoms with Crippen molar-refractivity contribution in [3.8, 4) is 0 Å². The standard InChI is InChI=1S/C20H21F3N2O3/c1-25(2)17(14-6-4-3-5-7-14)12-24-18(26)13-28-19(27)15-8-10-16(11-9-15)20(21,22)23/h3-11,17H,12-13H2,1-2H3,(H,24,26). The molecule has 0 radical (unpaired) electrons. The second-order valence-corrected chi connectivity index (χ2v) is 6.35. The van der Waals surface area contributed by atoms with Crippen LogP contribution in [-0.4, -0.2) is 44.0 Å². The Kier molecular flexibility index (Phi) is 7.17. The number of nitrogens with zero attached hydrogens (tertiary/aromatic N) is 1. The number of carbonyl (C=O) groups is 2. The highest BCUT2D eigenvalue weighted by atomic mass is 19.4. The molecule has 0 aromatic heterocycles. The van der Waals surface area contributed by atoms with Gasteiger partial charge in [0.1, 0.15) is 0 Å². The maximum absolute atomic E-state index is 12.5. The van der Waals surface area contributed by atoms with Crippen molar-refractivity contribution in [3.05, 3.63) is 71.3 Å². The Bertz CT molecular complexity index is 791. The van der Waals surface area contributed by atoms with Crippen molar-refractivity contribution in [1.82, 2.24) is 10.2 Å². The second kappa shape index (κ2) is 9.36. The van der Waals surface area contributed by atoms with Gasteiger partial charge in [-0.15, -0.1) is 0 Å². The predicted octanol–water partition coefficient (Wildman–Crippen LogP) is 3.28. The van der Waals surface area contributed by atoms with E-state index in [0.29, 0.717) is 6.54 Å². The Balaban J connectivity index is 1.85. The first kappa shape index (κ1) is 21.4. The number of ether oxygens (including phenoxy) is 1. The van der Waals surface area contributed by atoms with Crippen LogP contribution in [0.2, 0.25) is 0 Å². The fourth-order valence-corrected chi connectivity index (χ4v) is 2.55. The smallest absolute Gasteiger partial charge is 0.416 e. The largest absolute Gasteiger partial charge is 0.452 e. The van der Waals surface area contributed by atoms with Crippen LogP contribution in [-0.2, 0) is 15.7 Å². The number of rotatable bonds is 7. The first-order valence-corrected chi connectivity index (χ1v) is 8.51. The van der Waals surface area contributed by atoms with Gasteiger partial charge in [-0.2, -0.15) is 13.2 Å². The topological polar surface area (TPSA) is 58.6 Å². The van der Waals surface area contributed by atoms with Crippen LogP contribution in [0.15, 0.2) is 54.6 Å². The fourth-order valence-electron chi connectivity index (χ4n) is 2.55. The van der Waals surface area contributed by atoms with Gasteiger partial charge in [0.2, 0.25) is 0 Å². The molecule has 8 heteroatoms. The van der Waals surface area contributed by atoms with Crippen LogP contribution in [0.25, 0.3) is 0 Å². The third-order valence-corrected chi connectivity index (χ3v) is 4.08. The first-order valence-electron chi connectivity index (χ1n) is 8.51. The van der Waals surface area contributed by atoms with E-state index in [-0.39, 0.29) is 11.6 Å². The van der Waals surface area contributed by atoms with E-state index in [1.165, 1.54) is 0 Å². The maximum Gasteiger partial charge on any atom is 0.416 e. The SMILES string of the molecule is CN(C)C(CNC(=O)COC(=O)c1ccc(C(F)(F)F)cc1)c1ccccc1. The molecule has 150 valence electrons. The second-order valence-electron chi connectivity index (χ2n) is 6.35. The number of halogens is 3. The molecule has 0 saturated heterocycles. The molecule has 0 bridgehead atoms. The summed E-state index contributed by atoms with van der Waals surface area (Å²) in [6, 6.07) is 13.1. The van der Waals surface area contributed by atoms with Gasteiger partial charge in [-0.3, -0.25) is 4.79 Å². The van der Waals surface area contributed by atoms with E-state index in [2.05, 4.69) is 5.32 Å². The van der Waals surface area contributed by atoms with Crippen molar-refractivity contribution < 1.29 is 27.5 Å². The number of likely N-dealkylation sites (N-methyl/N-ethyl adjacent to an activating group) is 1. The lowest BCUT2D eigenvalue weighted by molar-refractivity contribution is -0.137. The third-order valence-electron chi connectivity index (χ3n) is 4.08. The van der Waals surface area contributed by atoms with Crippen LogP contribution in [0.3, 0.4) is 0 Å². The molecular formula is C20H21F3N2O3. The van der Waals surface area contributed by atoms with E-state index >= 15 is 0 Å². The Morgan fingerprint density at radius 1 is 1.04 bits per heavy atom. The summed E-state index contributed by atoms with van der Waals surface area (Å²) in [5.41, 5.74) is 0.100. The highest BCUT2D eigenvalue weighted by Crippen LogP contribution is 2.29. The van der Waals surface area contributed by atoms with E-state index in [1.807, 2.05) is 49.3 Å². The lowest BCUT2D eigenvalue weighted by atomic mass is 10.1. The molecule has 0 aliphatic carbocycles. The number of carbonyl (C=O) groups excluding carboxylic acids is 2. The molecule has 0 saturated carbocycles. The Morgan fingerprint density at radius 2 is 1.64 bits per heavy atom. The first-order chi connectivity index (χ1) is 13.2. The number of hydrogen-bond donors (Lipinski definition) is 1. The minimum absolute atomic E-state index is 0.0590. The van der Waals surface area contributed by atoms with Crippen molar-refractivity contribution in [3.63, 3.8) is 0 Å². The van der Waals surface area contributed by atoms with Crippen molar-refractivity contribution in [2.75, 3.05) is 27.2 Å². The summed E-state index contributed by atoms with van der Waals surface area (Å²) in [4.78, 5) is 25.8. The van der Waals surface area contributed by atoms with Crippen LogP contribution >= 0.6 is 0 Å². The quantitative estimate of drug-likeness (QED) is 0.733. The summed E-state index contributed by atoms with van der Waals surface area (Å²) in [5.74, 6) is -1.36. The third kappa shape index (κ3) is 6.09. The zero-order valence-corrected chi connectivity index (χ0v) is 15.5. The highest BCUT2D eigenvalue weighted by molar-refractivity contribution is 5.91. The van der Waals surface area contributed by atoms with Gasteiger partial charge in [0, 0.05) is 6.54 Å². The molecule has 2 aromatic carbocycles. The molecule has 5 nitrogen and oxygen atoms in total. The molecule has 1 N–H and O–H groups in total. The molecule has 0 spiro atoms. The molecule has 0 aliphatic rings. The summed E-state index contributed by atoms with van der Waals surface area (Å²) in [6.07, 6.45) is -4.48. The van der Waals surface area contributed by atoms with Gasteiger partial charge in [0.15, 0.2) is 6.61 Å². The van der Waals surface area contributed by atoms with E-state index in [0.717, 1.165) is 29.8 Å². The van der Waals surface area contributed by atoms with Crippen molar-refractivity contribution in [2.45, 2.75) is 12.2 Å². The number of nitrogens with one attached hydrogen (secondary N) is 1. The molecular weight excluding hydrogens is 373 g/mol. The van der Waals surface area contributed by atoms with Gasteiger partial charge in [-0.25, -0.2) is 4.79 Å². The van der Waals surface area contributed by atoms with Crippen molar-refractivity contribution in [2.24, 2.45) is 0 Å². The minimum Gasteiger partial charge on any atom is -0.452 e. The molecule has 2 aromatic rings. The Morgan fingerprint density at radius 3 is 2.18 bits per heavy atom. The Hall–Kier alpha value is -2.87. The van der Waals surface area contributed by atoms with E-state index < -0.39 is 30.2 Å². The van der Waals surface area contributed by atoms with Gasteiger partial charge >= 0.3 is 12.1 Å². The van der Waals surface area contributed by atoms with Crippen molar-refractivity contribution in [1.29, 1.82) is 0 Å². The summed E-state index contributed by atoms with van der Waals surface area (Å²) in [5, 5.41) is 2.69. The highest BCUT2D eigenvalue weighted by Gasteiger charge is 2.30. The molecule has 1 unspecified atom stereocenters. The van der Waals surface area contributed by atoms with Gasteiger partial charge in [0.25, 0.3) is 5.91 Å². The van der Waals surface area contributed by atoms with Crippen LogP contribution in [0.5, 0.6) is 0 Å². The molecule has 1 amide bonds. The van der Waals surface area contributed by atoms with Gasteiger partial charge < -0.3 is 15.0 Å². The zero-order valence-electron chi connectivity index (χ0n) is 15.5. The maximum atomic E-state index is 12.5. The van der Waals surface area contributed by atoms with Gasteiger partial charge in [-0.1, -0.05) is 30.3 Å². The summed E-state index contributed by atoms with van der Waals surface area (Å²) in [6.45, 7) is -0.206. The minimum atomic E-state index is -4.48. The zero-order chi connectivity index (χ0) is 20.7. The predicted molar refractivity (Wildman–Crippen MR) is 97.6 cm³/mol. The lowest BCUT2D eigenvalue weighted by Crippen LogP contribution is -2.36. The van der Waals surface area contributed by atoms with Crippen LogP contribution in [0, 0.1) is 0 Å². The lowest BCUT2D eigenvalue weighted by Gasteiger charge is -2.25. The number of hydrogen-bond acceptors (Lipinski definition) is 4. The number of esters is 1. The average molecular weight is 394 g/mol. The number of benzene rings is 2. The summed E-state index contributed by atoms with van der Waals surface area (Å²) in [7, 11) is 3.77. The average Bonchev–Trinajstić information content (AvgIpc) is 2.66. The van der Waals surface area contributed by atoms with E-state index in [4.69, 9.17) is 4.74 Å². The van der Waals surface area contributed by atoms with Crippen molar-refractivity contribution >= 4 is 11.9 Å². The molecule has 0 heterocycles.